The van der Waals surface area contributed by atoms with Gasteiger partial charge in [0.2, 0.25) is 5.95 Å². The first-order valence-electron chi connectivity index (χ1n) is 10.4. The van der Waals surface area contributed by atoms with Crippen LogP contribution in [0.5, 0.6) is 0 Å². The van der Waals surface area contributed by atoms with E-state index >= 15 is 0 Å². The zero-order valence-corrected chi connectivity index (χ0v) is 17.3. The molecule has 0 aliphatic carbocycles. The molecule has 0 unspecified atom stereocenters. The van der Waals surface area contributed by atoms with Gasteiger partial charge in [-0.05, 0) is 49.1 Å². The fourth-order valence-electron chi connectivity index (χ4n) is 3.83. The number of hydrogen-bond donors (Lipinski definition) is 1. The zero-order valence-electron chi connectivity index (χ0n) is 17.3. The maximum atomic E-state index is 4.74. The lowest BCUT2D eigenvalue weighted by atomic mass is 10.1. The summed E-state index contributed by atoms with van der Waals surface area (Å²) in [5.41, 5.74) is 5.41. The number of anilines is 3. The van der Waals surface area contributed by atoms with E-state index in [-0.39, 0.29) is 0 Å². The van der Waals surface area contributed by atoms with E-state index < -0.39 is 0 Å². The highest BCUT2D eigenvalue weighted by Gasteiger charge is 2.20. The average molecular weight is 388 g/mol. The lowest BCUT2D eigenvalue weighted by Crippen LogP contribution is -2.47. The molecule has 1 aliphatic heterocycles. The third-order valence-electron chi connectivity index (χ3n) is 5.70. The van der Waals surface area contributed by atoms with Crippen molar-refractivity contribution in [3.63, 3.8) is 0 Å². The van der Waals surface area contributed by atoms with Crippen LogP contribution in [0.4, 0.5) is 17.5 Å². The van der Waals surface area contributed by atoms with E-state index in [1.165, 1.54) is 22.4 Å². The molecule has 0 amide bonds. The number of piperazine rings is 1. The third-order valence-corrected chi connectivity index (χ3v) is 5.70. The second-order valence-corrected chi connectivity index (χ2v) is 7.59. The van der Waals surface area contributed by atoms with Crippen molar-refractivity contribution in [3.05, 3.63) is 77.5 Å². The van der Waals surface area contributed by atoms with E-state index in [4.69, 9.17) is 4.98 Å². The van der Waals surface area contributed by atoms with E-state index in [2.05, 4.69) is 76.4 Å². The fraction of sp³-hybridized carbons (Fsp3) is 0.333. The molecule has 0 spiro atoms. The number of aromatic nitrogens is 2. The maximum absolute atomic E-state index is 4.74. The zero-order chi connectivity index (χ0) is 20.1. The Balaban J connectivity index is 1.34. The molecule has 0 saturated carbocycles. The average Bonchev–Trinajstić information content (AvgIpc) is 2.77. The van der Waals surface area contributed by atoms with Crippen molar-refractivity contribution in [1.82, 2.24) is 9.97 Å². The molecule has 2 aromatic carbocycles. The Labute approximate surface area is 173 Å². The van der Waals surface area contributed by atoms with Gasteiger partial charge >= 0.3 is 0 Å². The molecule has 1 aliphatic rings. The van der Waals surface area contributed by atoms with Crippen molar-refractivity contribution < 1.29 is 0 Å². The Morgan fingerprint density at radius 1 is 0.862 bits per heavy atom. The number of benzene rings is 2. The first-order chi connectivity index (χ1) is 14.2. The minimum absolute atomic E-state index is 0.704. The minimum Gasteiger partial charge on any atom is -0.368 e. The van der Waals surface area contributed by atoms with E-state index in [1.54, 1.807) is 0 Å². The molecule has 5 heteroatoms. The molecule has 2 heterocycles. The summed E-state index contributed by atoms with van der Waals surface area (Å²) in [5.74, 6) is 1.71. The van der Waals surface area contributed by atoms with Gasteiger partial charge in [0.25, 0.3) is 0 Å². The molecule has 5 nitrogen and oxygen atoms in total. The second kappa shape index (κ2) is 8.95. The topological polar surface area (TPSA) is 44.3 Å². The van der Waals surface area contributed by atoms with Gasteiger partial charge in [-0.25, -0.2) is 4.98 Å². The smallest absolute Gasteiger partial charge is 0.224 e. The van der Waals surface area contributed by atoms with Crippen molar-refractivity contribution in [2.24, 2.45) is 0 Å². The van der Waals surface area contributed by atoms with Crippen LogP contribution in [-0.4, -0.2) is 42.7 Å². The normalized spacial score (nSPS) is 14.1. The number of nitrogens with zero attached hydrogens (tertiary/aromatic N) is 4. The summed E-state index contributed by atoms with van der Waals surface area (Å²) in [7, 11) is 0. The van der Waals surface area contributed by atoms with Gasteiger partial charge in [-0.3, -0.25) is 0 Å². The minimum atomic E-state index is 0.704. The summed E-state index contributed by atoms with van der Waals surface area (Å²) in [6, 6.07) is 19.1. The van der Waals surface area contributed by atoms with Gasteiger partial charge in [-0.15, -0.1) is 0 Å². The number of nitrogens with one attached hydrogen (secondary N) is 1. The van der Waals surface area contributed by atoms with Crippen LogP contribution in [0.15, 0.2) is 60.8 Å². The molecule has 1 saturated heterocycles. The van der Waals surface area contributed by atoms with Crippen LogP contribution in [-0.2, 0) is 6.42 Å². The number of hydrogen-bond acceptors (Lipinski definition) is 5. The fourth-order valence-corrected chi connectivity index (χ4v) is 3.83. The molecule has 29 heavy (non-hydrogen) atoms. The van der Waals surface area contributed by atoms with Crippen molar-refractivity contribution in [2.45, 2.75) is 20.3 Å². The largest absolute Gasteiger partial charge is 0.368 e. The molecule has 0 bridgehead atoms. The Morgan fingerprint density at radius 3 is 2.41 bits per heavy atom. The molecule has 4 rings (SSSR count). The van der Waals surface area contributed by atoms with Crippen molar-refractivity contribution in [1.29, 1.82) is 0 Å². The van der Waals surface area contributed by atoms with Crippen LogP contribution in [0.3, 0.4) is 0 Å². The van der Waals surface area contributed by atoms with E-state index in [9.17, 15) is 0 Å². The van der Waals surface area contributed by atoms with Crippen LogP contribution in [0, 0.1) is 13.8 Å². The second-order valence-electron chi connectivity index (χ2n) is 7.59. The predicted octanol–water partition coefficient (Wildman–Crippen LogP) is 4.07. The standard InChI is InChI=1S/C24H29N5/c1-19-7-6-10-22(20(19)2)28-15-17-29(18-16-28)23-12-14-26-24(27-23)25-13-11-21-8-4-3-5-9-21/h3-10,12,14H,11,13,15-18H2,1-2H3,(H,25,26,27). The third kappa shape index (κ3) is 4.67. The lowest BCUT2D eigenvalue weighted by Gasteiger charge is -2.37. The van der Waals surface area contributed by atoms with E-state index in [1.807, 2.05) is 18.3 Å². The molecule has 1 aromatic heterocycles. The highest BCUT2D eigenvalue weighted by atomic mass is 15.3. The molecule has 150 valence electrons. The van der Waals surface area contributed by atoms with Gasteiger partial charge < -0.3 is 15.1 Å². The Hall–Kier alpha value is -3.08. The van der Waals surface area contributed by atoms with Crippen molar-refractivity contribution >= 4 is 17.5 Å². The Bertz CT molecular complexity index is 933. The molecule has 1 N–H and O–H groups in total. The lowest BCUT2D eigenvalue weighted by molar-refractivity contribution is 0.645. The van der Waals surface area contributed by atoms with Crippen LogP contribution in [0.2, 0.25) is 0 Å². The summed E-state index contributed by atoms with van der Waals surface area (Å²) in [6.45, 7) is 9.17. The summed E-state index contributed by atoms with van der Waals surface area (Å²) in [4.78, 5) is 14.0. The molecule has 1 fully saturated rings. The van der Waals surface area contributed by atoms with Gasteiger partial charge in [-0.2, -0.15) is 4.98 Å². The molecular weight excluding hydrogens is 358 g/mol. The van der Waals surface area contributed by atoms with E-state index in [0.29, 0.717) is 5.95 Å². The summed E-state index contributed by atoms with van der Waals surface area (Å²) >= 11 is 0. The van der Waals surface area contributed by atoms with Gasteiger partial charge in [0.05, 0.1) is 0 Å². The number of rotatable bonds is 6. The first-order valence-corrected chi connectivity index (χ1v) is 10.4. The highest BCUT2D eigenvalue weighted by Crippen LogP contribution is 2.25. The van der Waals surface area contributed by atoms with Gasteiger partial charge in [-0.1, -0.05) is 42.5 Å². The predicted molar refractivity (Wildman–Crippen MR) is 121 cm³/mol. The van der Waals surface area contributed by atoms with Crippen LogP contribution in [0.25, 0.3) is 0 Å². The highest BCUT2D eigenvalue weighted by molar-refractivity contribution is 5.57. The SMILES string of the molecule is Cc1cccc(N2CCN(c3ccnc(NCCc4ccccc4)n3)CC2)c1C. The summed E-state index contributed by atoms with van der Waals surface area (Å²) < 4.78 is 0. The first kappa shape index (κ1) is 19.2. The van der Waals surface area contributed by atoms with Crippen LogP contribution < -0.4 is 15.1 Å². The van der Waals surface area contributed by atoms with Crippen molar-refractivity contribution in [3.8, 4) is 0 Å². The summed E-state index contributed by atoms with van der Waals surface area (Å²) in [6.07, 6.45) is 2.81. The van der Waals surface area contributed by atoms with Gasteiger partial charge in [0.1, 0.15) is 5.82 Å². The summed E-state index contributed by atoms with van der Waals surface area (Å²) in [5, 5.41) is 3.36. The van der Waals surface area contributed by atoms with Gasteiger partial charge in [0, 0.05) is 44.6 Å². The van der Waals surface area contributed by atoms with Gasteiger partial charge in [0.15, 0.2) is 0 Å². The van der Waals surface area contributed by atoms with Crippen molar-refractivity contribution in [2.75, 3.05) is 47.8 Å². The van der Waals surface area contributed by atoms with Crippen LogP contribution >= 0.6 is 0 Å². The molecule has 0 radical (unpaired) electrons. The Kier molecular flexibility index (Phi) is 5.94. The Morgan fingerprint density at radius 2 is 1.62 bits per heavy atom. The van der Waals surface area contributed by atoms with Crippen LogP contribution in [0.1, 0.15) is 16.7 Å². The molecular formula is C24H29N5. The molecule has 0 atom stereocenters. The molecule has 3 aromatic rings. The number of aryl methyl sites for hydroxylation is 1. The monoisotopic (exact) mass is 387 g/mol. The van der Waals surface area contributed by atoms with E-state index in [0.717, 1.165) is 45.0 Å². The quantitative estimate of drug-likeness (QED) is 0.691. The maximum Gasteiger partial charge on any atom is 0.224 e.